The zero-order valence-corrected chi connectivity index (χ0v) is 16.3. The molecule has 0 fully saturated rings. The van der Waals surface area contributed by atoms with E-state index in [1.165, 1.54) is 12.3 Å². The molecule has 1 atom stereocenters. The molecule has 0 bridgehead atoms. The van der Waals surface area contributed by atoms with Crippen molar-refractivity contribution in [2.24, 2.45) is 11.1 Å². The number of carbonyl (C=O) groups is 1. The zero-order chi connectivity index (χ0) is 20.4. The van der Waals surface area contributed by atoms with E-state index in [4.69, 9.17) is 9.84 Å². The van der Waals surface area contributed by atoms with Crippen molar-refractivity contribution in [3.05, 3.63) is 56.2 Å². The summed E-state index contributed by atoms with van der Waals surface area (Å²) in [6.45, 7) is 6.31. The molecule has 0 saturated heterocycles. The number of fused-ring (bicyclic) bond motifs is 3. The van der Waals surface area contributed by atoms with Crippen molar-refractivity contribution in [2.75, 3.05) is 13.2 Å². The van der Waals surface area contributed by atoms with Crippen LogP contribution in [0.2, 0.25) is 0 Å². The first-order valence-electron chi connectivity index (χ1n) is 9.44. The summed E-state index contributed by atoms with van der Waals surface area (Å²) in [4.78, 5) is 34.9. The Kier molecular flexibility index (Phi) is 5.74. The molecule has 1 unspecified atom stereocenters. The van der Waals surface area contributed by atoms with Gasteiger partial charge in [0.1, 0.15) is 17.9 Å². The van der Waals surface area contributed by atoms with Crippen LogP contribution in [0.3, 0.4) is 0 Å². The summed E-state index contributed by atoms with van der Waals surface area (Å²) in [7, 11) is 0. The number of aromatic nitrogens is 1. The number of nitroso groups, excluding NO2 is 1. The van der Waals surface area contributed by atoms with Crippen molar-refractivity contribution >= 4 is 5.91 Å². The van der Waals surface area contributed by atoms with E-state index in [1.54, 1.807) is 0 Å². The quantitative estimate of drug-likeness (QED) is 0.772. The highest BCUT2D eigenvalue weighted by molar-refractivity contribution is 5.94. The van der Waals surface area contributed by atoms with Crippen molar-refractivity contribution < 1.29 is 14.6 Å². The second-order valence-corrected chi connectivity index (χ2v) is 7.30. The minimum atomic E-state index is -1.05. The van der Waals surface area contributed by atoms with E-state index in [9.17, 15) is 14.5 Å². The lowest BCUT2D eigenvalue weighted by molar-refractivity contribution is 0.0998. The highest BCUT2D eigenvalue weighted by Crippen LogP contribution is 2.40. The summed E-state index contributed by atoms with van der Waals surface area (Å²) in [5, 5.41) is 11.5. The number of aryl methyl sites for hydroxylation is 1. The van der Waals surface area contributed by atoms with E-state index in [0.717, 1.165) is 34.6 Å². The fourth-order valence-corrected chi connectivity index (χ4v) is 3.77. The first kappa shape index (κ1) is 19.9. The Labute approximate surface area is 162 Å². The van der Waals surface area contributed by atoms with E-state index < -0.39 is 11.3 Å². The number of ether oxygens (including phenoxy) is 1. The first-order valence-corrected chi connectivity index (χ1v) is 9.44. The lowest BCUT2D eigenvalue weighted by atomic mass is 9.86. The third-order valence-electron chi connectivity index (χ3n) is 5.24. The normalized spacial score (nSPS) is 15.1. The van der Waals surface area contributed by atoms with Gasteiger partial charge in [-0.05, 0) is 42.0 Å². The molecule has 1 aliphatic rings. The fraction of sp³-hybridized carbons (Fsp3) is 0.429. The van der Waals surface area contributed by atoms with E-state index >= 15 is 0 Å². The van der Waals surface area contributed by atoms with Gasteiger partial charge < -0.3 is 14.4 Å². The summed E-state index contributed by atoms with van der Waals surface area (Å²) in [5.74, 6) is -0.0737. The number of amides is 1. The number of carbonyl (C=O) groups excluding carboxylic acids is 1. The van der Waals surface area contributed by atoms with Gasteiger partial charge in [-0.1, -0.05) is 20.8 Å². The maximum Gasteiger partial charge on any atom is 0.322 e. The second kappa shape index (κ2) is 8.06. The largest absolute Gasteiger partial charge is 0.491 e. The van der Waals surface area contributed by atoms with Gasteiger partial charge in [-0.25, -0.2) is 0 Å². The van der Waals surface area contributed by atoms with Crippen LogP contribution in [-0.4, -0.2) is 28.8 Å². The van der Waals surface area contributed by atoms with Crippen LogP contribution >= 0.6 is 0 Å². The summed E-state index contributed by atoms with van der Waals surface area (Å²) in [6.07, 6.45) is 2.90. The number of aliphatic hydroxyl groups is 1. The molecule has 1 aromatic carbocycles. The average molecular weight is 384 g/mol. The molecule has 1 amide bonds. The third-order valence-corrected chi connectivity index (χ3v) is 5.24. The Hall–Kier alpha value is -2.80. The number of hydrogen-bond acceptors (Lipinski definition) is 5. The van der Waals surface area contributed by atoms with Gasteiger partial charge in [0, 0.05) is 29.0 Å². The molecule has 2 aromatic rings. The molecule has 0 saturated carbocycles. The Morgan fingerprint density at radius 3 is 2.71 bits per heavy atom. The highest BCUT2D eigenvalue weighted by Gasteiger charge is 2.29. The van der Waals surface area contributed by atoms with Crippen molar-refractivity contribution in [2.45, 2.75) is 39.7 Å². The van der Waals surface area contributed by atoms with Gasteiger partial charge >= 0.3 is 5.91 Å². The Bertz CT molecular complexity index is 977. The van der Waals surface area contributed by atoms with E-state index in [2.05, 4.69) is 19.0 Å². The predicted octanol–water partition coefficient (Wildman–Crippen LogP) is 3.11. The fourth-order valence-electron chi connectivity index (χ4n) is 3.77. The monoisotopic (exact) mass is 384 g/mol. The molecule has 148 valence electrons. The lowest BCUT2D eigenvalue weighted by Gasteiger charge is -2.34. The predicted molar refractivity (Wildman–Crippen MR) is 106 cm³/mol. The number of rotatable bonds is 6. The maximum absolute atomic E-state index is 12.5. The average Bonchev–Trinajstić information content (AvgIpc) is 2.69. The summed E-state index contributed by atoms with van der Waals surface area (Å²) in [6, 6.07) is 5.42. The number of pyridine rings is 1. The minimum Gasteiger partial charge on any atom is -0.491 e. The molecule has 1 aromatic heterocycles. The summed E-state index contributed by atoms with van der Waals surface area (Å²) >= 11 is 0. The number of aliphatic hydroxyl groups excluding tert-OH is 1. The molecule has 28 heavy (non-hydrogen) atoms. The number of benzene rings is 1. The van der Waals surface area contributed by atoms with Gasteiger partial charge in [0.15, 0.2) is 5.43 Å². The molecule has 2 heterocycles. The van der Waals surface area contributed by atoms with Crippen LogP contribution in [0.4, 0.5) is 0 Å². The third kappa shape index (κ3) is 3.49. The lowest BCUT2D eigenvalue weighted by Crippen LogP contribution is -2.28. The van der Waals surface area contributed by atoms with Crippen LogP contribution in [0.1, 0.15) is 48.3 Å². The number of hydrogen-bond donors (Lipinski definition) is 1. The van der Waals surface area contributed by atoms with E-state index in [1.807, 2.05) is 23.6 Å². The van der Waals surface area contributed by atoms with Crippen LogP contribution in [0.5, 0.6) is 5.75 Å². The SMILES string of the molecule is CCc1cc2c(cc1OCCO)CC(C(C)C)n1cc(C(=O)N=O)c(=O)cc1-2. The topological polar surface area (TPSA) is 98.0 Å². The molecule has 1 N–H and O–H groups in total. The van der Waals surface area contributed by atoms with Gasteiger partial charge in [0.2, 0.25) is 0 Å². The minimum absolute atomic E-state index is 0.0134. The van der Waals surface area contributed by atoms with Crippen LogP contribution < -0.4 is 10.2 Å². The second-order valence-electron chi connectivity index (χ2n) is 7.30. The molecule has 0 spiro atoms. The highest BCUT2D eigenvalue weighted by atomic mass is 16.5. The standard InChI is InChI=1S/C21H24N2O5/c1-4-13-7-15-14(9-20(13)28-6-5-24)8-17(12(2)3)23-11-16(21(26)22-27)19(25)10-18(15)23/h7,9-12,17,24H,4-6,8H2,1-3H3. The van der Waals surface area contributed by atoms with E-state index in [0.29, 0.717) is 6.42 Å². The Balaban J connectivity index is 2.23. The zero-order valence-electron chi connectivity index (χ0n) is 16.3. The van der Waals surface area contributed by atoms with Gasteiger partial charge in [-0.2, -0.15) is 0 Å². The van der Waals surface area contributed by atoms with Crippen molar-refractivity contribution in [3.63, 3.8) is 0 Å². The Morgan fingerprint density at radius 2 is 2.11 bits per heavy atom. The van der Waals surface area contributed by atoms with Gasteiger partial charge in [-0.3, -0.25) is 9.59 Å². The van der Waals surface area contributed by atoms with Crippen LogP contribution in [0.25, 0.3) is 11.3 Å². The molecule has 0 radical (unpaired) electrons. The summed E-state index contributed by atoms with van der Waals surface area (Å²) in [5.41, 5.74) is 2.95. The van der Waals surface area contributed by atoms with Gasteiger partial charge in [0.25, 0.3) is 0 Å². The maximum atomic E-state index is 12.5. The molecule has 3 rings (SSSR count). The smallest absolute Gasteiger partial charge is 0.322 e. The molecule has 7 heteroatoms. The van der Waals surface area contributed by atoms with E-state index in [-0.39, 0.29) is 30.7 Å². The van der Waals surface area contributed by atoms with Gasteiger partial charge in [0.05, 0.1) is 12.3 Å². The van der Waals surface area contributed by atoms with Crippen molar-refractivity contribution in [1.29, 1.82) is 0 Å². The van der Waals surface area contributed by atoms with Crippen LogP contribution in [0.15, 0.2) is 34.4 Å². The Morgan fingerprint density at radius 1 is 1.36 bits per heavy atom. The molecular formula is C21H24N2O5. The number of nitrogens with zero attached hydrogens (tertiary/aromatic N) is 2. The molecule has 7 nitrogen and oxygen atoms in total. The molecule has 1 aliphatic heterocycles. The van der Waals surface area contributed by atoms with Crippen molar-refractivity contribution in [1.82, 2.24) is 4.57 Å². The van der Waals surface area contributed by atoms with Crippen LogP contribution in [-0.2, 0) is 12.8 Å². The summed E-state index contributed by atoms with van der Waals surface area (Å²) < 4.78 is 7.62. The van der Waals surface area contributed by atoms with Crippen molar-refractivity contribution in [3.8, 4) is 17.0 Å². The van der Waals surface area contributed by atoms with Crippen LogP contribution in [0, 0.1) is 10.8 Å². The first-order chi connectivity index (χ1) is 13.4. The molecular weight excluding hydrogens is 360 g/mol. The molecule has 0 aliphatic carbocycles. The van der Waals surface area contributed by atoms with Gasteiger partial charge in [-0.15, -0.1) is 4.91 Å².